The summed E-state index contributed by atoms with van der Waals surface area (Å²) in [5.74, 6) is 0.585. The second kappa shape index (κ2) is 6.35. The molecule has 0 amide bonds. The van der Waals surface area contributed by atoms with Crippen LogP contribution < -0.4 is 5.32 Å². The van der Waals surface area contributed by atoms with Crippen LogP contribution in [0.3, 0.4) is 0 Å². The van der Waals surface area contributed by atoms with Gasteiger partial charge in [-0.25, -0.2) is 8.42 Å². The van der Waals surface area contributed by atoms with E-state index in [2.05, 4.69) is 31.0 Å². The lowest BCUT2D eigenvalue weighted by atomic mass is 9.97. The predicted molar refractivity (Wildman–Crippen MR) is 76.7 cm³/mol. The number of hydrogen-bond donors (Lipinski definition) is 1. The fourth-order valence-electron chi connectivity index (χ4n) is 2.51. The smallest absolute Gasteiger partial charge is 0.150 e. The van der Waals surface area contributed by atoms with Gasteiger partial charge >= 0.3 is 0 Å². The molecular formula is C13H28N2O2S. The van der Waals surface area contributed by atoms with E-state index < -0.39 is 9.84 Å². The first-order valence-electron chi connectivity index (χ1n) is 6.99. The van der Waals surface area contributed by atoms with Gasteiger partial charge in [-0.1, -0.05) is 13.8 Å². The van der Waals surface area contributed by atoms with Crippen LogP contribution in [-0.4, -0.2) is 56.0 Å². The molecule has 108 valence electrons. The van der Waals surface area contributed by atoms with Gasteiger partial charge in [-0.2, -0.15) is 0 Å². The second-order valence-electron chi connectivity index (χ2n) is 5.89. The molecule has 1 aliphatic rings. The van der Waals surface area contributed by atoms with E-state index in [0.717, 1.165) is 32.5 Å². The van der Waals surface area contributed by atoms with Crippen molar-refractivity contribution in [1.29, 1.82) is 0 Å². The normalized spacial score (nSPS) is 25.2. The lowest BCUT2D eigenvalue weighted by Gasteiger charge is -2.44. The van der Waals surface area contributed by atoms with Crippen LogP contribution in [0, 0.1) is 0 Å². The SMILES string of the molecule is CCC1CNC(C)(C)CN1CCCS(=O)(=O)CC. The maximum absolute atomic E-state index is 11.5. The van der Waals surface area contributed by atoms with E-state index >= 15 is 0 Å². The highest BCUT2D eigenvalue weighted by Crippen LogP contribution is 2.17. The lowest BCUT2D eigenvalue weighted by molar-refractivity contribution is 0.0931. The van der Waals surface area contributed by atoms with Gasteiger partial charge in [-0.15, -0.1) is 0 Å². The van der Waals surface area contributed by atoms with Crippen LogP contribution in [0.2, 0.25) is 0 Å². The molecule has 1 saturated heterocycles. The molecule has 18 heavy (non-hydrogen) atoms. The van der Waals surface area contributed by atoms with Gasteiger partial charge in [-0.3, -0.25) is 4.90 Å². The van der Waals surface area contributed by atoms with Crippen LogP contribution in [0.15, 0.2) is 0 Å². The first-order chi connectivity index (χ1) is 8.29. The van der Waals surface area contributed by atoms with E-state index in [1.54, 1.807) is 6.92 Å². The molecule has 0 aliphatic carbocycles. The average Bonchev–Trinajstić information content (AvgIpc) is 2.28. The van der Waals surface area contributed by atoms with Crippen molar-refractivity contribution in [1.82, 2.24) is 10.2 Å². The molecule has 4 nitrogen and oxygen atoms in total. The molecule has 5 heteroatoms. The Balaban J connectivity index is 2.47. The third-order valence-corrected chi connectivity index (χ3v) is 5.53. The Hall–Kier alpha value is -0.130. The van der Waals surface area contributed by atoms with E-state index in [-0.39, 0.29) is 11.3 Å². The van der Waals surface area contributed by atoms with Gasteiger partial charge in [0.25, 0.3) is 0 Å². The second-order valence-corrected chi connectivity index (χ2v) is 8.36. The molecule has 1 heterocycles. The molecule has 1 unspecified atom stereocenters. The molecule has 1 fully saturated rings. The van der Waals surface area contributed by atoms with Gasteiger partial charge in [0.05, 0.1) is 5.75 Å². The molecule has 0 aromatic rings. The van der Waals surface area contributed by atoms with Crippen LogP contribution >= 0.6 is 0 Å². The summed E-state index contributed by atoms with van der Waals surface area (Å²) in [7, 11) is -2.82. The molecule has 0 aromatic carbocycles. The zero-order chi connectivity index (χ0) is 13.8. The highest BCUT2D eigenvalue weighted by Gasteiger charge is 2.31. The van der Waals surface area contributed by atoms with Crippen molar-refractivity contribution in [3.05, 3.63) is 0 Å². The Morgan fingerprint density at radius 3 is 2.56 bits per heavy atom. The van der Waals surface area contributed by atoms with Crippen LogP contribution in [0.5, 0.6) is 0 Å². The number of piperazine rings is 1. The van der Waals surface area contributed by atoms with Gasteiger partial charge in [0.2, 0.25) is 0 Å². The van der Waals surface area contributed by atoms with Crippen molar-refractivity contribution in [2.75, 3.05) is 31.1 Å². The summed E-state index contributed by atoms with van der Waals surface area (Å²) in [5, 5.41) is 3.55. The predicted octanol–water partition coefficient (Wildman–Crippen LogP) is 1.27. The standard InChI is InChI=1S/C13H28N2O2S/c1-5-12-10-14-13(3,4)11-15(12)8-7-9-18(16,17)6-2/h12,14H,5-11H2,1-4H3. The molecule has 0 aromatic heterocycles. The first-order valence-corrected chi connectivity index (χ1v) is 8.81. The Morgan fingerprint density at radius 1 is 1.33 bits per heavy atom. The minimum atomic E-state index is -2.82. The number of nitrogens with one attached hydrogen (secondary N) is 1. The van der Waals surface area contributed by atoms with E-state index in [9.17, 15) is 8.42 Å². The summed E-state index contributed by atoms with van der Waals surface area (Å²) in [5.41, 5.74) is 0.134. The van der Waals surface area contributed by atoms with Crippen LogP contribution in [0.1, 0.15) is 40.5 Å². The first kappa shape index (κ1) is 15.9. The highest BCUT2D eigenvalue weighted by atomic mass is 32.2. The molecule has 1 aliphatic heterocycles. The molecule has 0 spiro atoms. The van der Waals surface area contributed by atoms with Gasteiger partial charge in [0.15, 0.2) is 0 Å². The fourth-order valence-corrected chi connectivity index (χ4v) is 3.37. The third-order valence-electron chi connectivity index (χ3n) is 3.74. The fraction of sp³-hybridized carbons (Fsp3) is 1.00. The van der Waals surface area contributed by atoms with Gasteiger partial charge in [0, 0.05) is 30.4 Å². The Morgan fingerprint density at radius 2 is 2.00 bits per heavy atom. The number of nitrogens with zero attached hydrogens (tertiary/aromatic N) is 1. The molecule has 1 rings (SSSR count). The maximum atomic E-state index is 11.5. The van der Waals surface area contributed by atoms with E-state index in [4.69, 9.17) is 0 Å². The summed E-state index contributed by atoms with van der Waals surface area (Å²) in [6, 6.07) is 0.544. The monoisotopic (exact) mass is 276 g/mol. The van der Waals surface area contributed by atoms with Gasteiger partial charge in [-0.05, 0) is 33.2 Å². The summed E-state index contributed by atoms with van der Waals surface area (Å²) >= 11 is 0. The largest absolute Gasteiger partial charge is 0.309 e. The zero-order valence-corrected chi connectivity index (χ0v) is 13.0. The van der Waals surface area contributed by atoms with E-state index in [1.807, 2.05) is 0 Å². The van der Waals surface area contributed by atoms with Crippen molar-refractivity contribution in [2.45, 2.75) is 52.1 Å². The molecule has 0 radical (unpaired) electrons. The molecule has 1 atom stereocenters. The van der Waals surface area contributed by atoms with Crippen LogP contribution in [0.4, 0.5) is 0 Å². The highest BCUT2D eigenvalue weighted by molar-refractivity contribution is 7.91. The van der Waals surface area contributed by atoms with Crippen molar-refractivity contribution in [3.8, 4) is 0 Å². The topological polar surface area (TPSA) is 49.4 Å². The van der Waals surface area contributed by atoms with Crippen LogP contribution in [-0.2, 0) is 9.84 Å². The van der Waals surface area contributed by atoms with Crippen molar-refractivity contribution in [3.63, 3.8) is 0 Å². The van der Waals surface area contributed by atoms with Crippen molar-refractivity contribution >= 4 is 9.84 Å². The average molecular weight is 276 g/mol. The zero-order valence-electron chi connectivity index (χ0n) is 12.2. The Kier molecular flexibility index (Phi) is 5.62. The number of rotatable bonds is 6. The molecule has 1 N–H and O–H groups in total. The van der Waals surface area contributed by atoms with Crippen LogP contribution in [0.25, 0.3) is 0 Å². The maximum Gasteiger partial charge on any atom is 0.150 e. The number of hydrogen-bond acceptors (Lipinski definition) is 4. The summed E-state index contributed by atoms with van der Waals surface area (Å²) in [4.78, 5) is 2.45. The Labute approximate surface area is 112 Å². The minimum Gasteiger partial charge on any atom is -0.309 e. The van der Waals surface area contributed by atoms with Gasteiger partial charge < -0.3 is 5.32 Å². The third kappa shape index (κ3) is 4.86. The van der Waals surface area contributed by atoms with E-state index in [0.29, 0.717) is 11.8 Å². The van der Waals surface area contributed by atoms with Crippen molar-refractivity contribution in [2.24, 2.45) is 0 Å². The quantitative estimate of drug-likeness (QED) is 0.794. The molecule has 0 bridgehead atoms. The lowest BCUT2D eigenvalue weighted by Crippen LogP contribution is -2.61. The van der Waals surface area contributed by atoms with Gasteiger partial charge in [0.1, 0.15) is 9.84 Å². The Bertz CT molecular complexity index is 352. The summed E-state index contributed by atoms with van der Waals surface area (Å²) in [6.07, 6.45) is 1.87. The molecule has 0 saturated carbocycles. The minimum absolute atomic E-state index is 0.134. The number of sulfone groups is 1. The summed E-state index contributed by atoms with van der Waals surface area (Å²) < 4.78 is 23.0. The van der Waals surface area contributed by atoms with Crippen molar-refractivity contribution < 1.29 is 8.42 Å². The molecular weight excluding hydrogens is 248 g/mol. The van der Waals surface area contributed by atoms with E-state index in [1.165, 1.54) is 0 Å². The summed E-state index contributed by atoms with van der Waals surface area (Å²) in [6.45, 7) is 11.2.